The van der Waals surface area contributed by atoms with Crippen LogP contribution in [0, 0.1) is 0 Å². The predicted molar refractivity (Wildman–Crippen MR) is 58.6 cm³/mol. The minimum Gasteiger partial charge on any atom is -0.376 e. The van der Waals surface area contributed by atoms with E-state index in [4.69, 9.17) is 21.1 Å². The number of rotatable bonds is 3. The molecular formula is C10H11ClO3S. The third-order valence-corrected chi connectivity index (χ3v) is 3.59. The SMILES string of the molecule is O=C(Cc1sccc1Cl)C1COCCO1. The van der Waals surface area contributed by atoms with Crippen molar-refractivity contribution in [2.75, 3.05) is 19.8 Å². The molecule has 1 aliphatic heterocycles. The van der Waals surface area contributed by atoms with Crippen molar-refractivity contribution >= 4 is 28.7 Å². The largest absolute Gasteiger partial charge is 0.376 e. The molecular weight excluding hydrogens is 236 g/mol. The molecule has 82 valence electrons. The first-order valence-corrected chi connectivity index (χ1v) is 5.97. The number of carbonyl (C=O) groups excluding carboxylic acids is 1. The van der Waals surface area contributed by atoms with Crippen molar-refractivity contribution in [3.63, 3.8) is 0 Å². The fourth-order valence-electron chi connectivity index (χ4n) is 1.40. The summed E-state index contributed by atoms with van der Waals surface area (Å²) in [5, 5.41) is 2.54. The molecule has 3 nitrogen and oxygen atoms in total. The molecule has 1 unspecified atom stereocenters. The van der Waals surface area contributed by atoms with Gasteiger partial charge in [-0.2, -0.15) is 0 Å². The monoisotopic (exact) mass is 246 g/mol. The van der Waals surface area contributed by atoms with Crippen molar-refractivity contribution in [2.24, 2.45) is 0 Å². The maximum Gasteiger partial charge on any atom is 0.169 e. The number of thiophene rings is 1. The number of hydrogen-bond donors (Lipinski definition) is 0. The third-order valence-electron chi connectivity index (χ3n) is 2.20. The fourth-order valence-corrected chi connectivity index (χ4v) is 2.51. The van der Waals surface area contributed by atoms with Gasteiger partial charge in [-0.05, 0) is 11.4 Å². The first-order valence-electron chi connectivity index (χ1n) is 4.71. The molecule has 1 aliphatic rings. The molecule has 2 heterocycles. The van der Waals surface area contributed by atoms with Crippen LogP contribution in [0.1, 0.15) is 4.88 Å². The van der Waals surface area contributed by atoms with E-state index in [2.05, 4.69) is 0 Å². The summed E-state index contributed by atoms with van der Waals surface area (Å²) in [5.41, 5.74) is 0. The molecule has 1 aromatic rings. The maximum atomic E-state index is 11.8. The number of hydrogen-bond acceptors (Lipinski definition) is 4. The highest BCUT2D eigenvalue weighted by Gasteiger charge is 2.23. The molecule has 5 heteroatoms. The first kappa shape index (κ1) is 11.1. The smallest absolute Gasteiger partial charge is 0.169 e. The van der Waals surface area contributed by atoms with Crippen LogP contribution in [0.2, 0.25) is 5.02 Å². The molecule has 0 spiro atoms. The number of Topliss-reactive ketones (excluding diaryl/α,β-unsaturated/α-hetero) is 1. The molecule has 1 aromatic heterocycles. The average molecular weight is 247 g/mol. The summed E-state index contributed by atoms with van der Waals surface area (Å²) in [5.74, 6) is 0.0408. The molecule has 0 saturated carbocycles. The summed E-state index contributed by atoms with van der Waals surface area (Å²) in [6.45, 7) is 1.43. The highest BCUT2D eigenvalue weighted by molar-refractivity contribution is 7.10. The summed E-state index contributed by atoms with van der Waals surface area (Å²) in [4.78, 5) is 12.7. The first-order chi connectivity index (χ1) is 7.27. The Morgan fingerprint density at radius 1 is 1.60 bits per heavy atom. The maximum absolute atomic E-state index is 11.8. The zero-order chi connectivity index (χ0) is 10.7. The minimum absolute atomic E-state index is 0.0408. The van der Waals surface area contributed by atoms with Gasteiger partial charge in [0.25, 0.3) is 0 Å². The van der Waals surface area contributed by atoms with Crippen LogP contribution in [-0.2, 0) is 20.7 Å². The molecule has 0 amide bonds. The Morgan fingerprint density at radius 3 is 3.07 bits per heavy atom. The second kappa shape index (κ2) is 5.07. The second-order valence-corrected chi connectivity index (χ2v) is 4.68. The van der Waals surface area contributed by atoms with Gasteiger partial charge in [0.15, 0.2) is 5.78 Å². The van der Waals surface area contributed by atoms with E-state index >= 15 is 0 Å². The number of halogens is 1. The summed E-state index contributed by atoms with van der Waals surface area (Å²) >= 11 is 7.40. The van der Waals surface area contributed by atoms with Crippen LogP contribution in [0.4, 0.5) is 0 Å². The van der Waals surface area contributed by atoms with Crippen molar-refractivity contribution in [3.05, 3.63) is 21.3 Å². The van der Waals surface area contributed by atoms with Crippen LogP contribution in [0.5, 0.6) is 0 Å². The molecule has 0 N–H and O–H groups in total. The van der Waals surface area contributed by atoms with E-state index in [9.17, 15) is 4.79 Å². The zero-order valence-corrected chi connectivity index (χ0v) is 9.64. The fraction of sp³-hybridized carbons (Fsp3) is 0.500. The Bertz CT molecular complexity index is 344. The van der Waals surface area contributed by atoms with Gasteiger partial charge < -0.3 is 9.47 Å². The number of carbonyl (C=O) groups is 1. The summed E-state index contributed by atoms with van der Waals surface area (Å²) in [7, 11) is 0. The van der Waals surface area contributed by atoms with Gasteiger partial charge in [-0.1, -0.05) is 11.6 Å². The van der Waals surface area contributed by atoms with Gasteiger partial charge in [-0.25, -0.2) is 0 Å². The predicted octanol–water partition coefficient (Wildman–Crippen LogP) is 1.93. The highest BCUT2D eigenvalue weighted by atomic mass is 35.5. The van der Waals surface area contributed by atoms with Crippen LogP contribution >= 0.6 is 22.9 Å². The van der Waals surface area contributed by atoms with E-state index in [-0.39, 0.29) is 5.78 Å². The molecule has 1 atom stereocenters. The Kier molecular flexibility index (Phi) is 3.75. The van der Waals surface area contributed by atoms with Crippen LogP contribution in [-0.4, -0.2) is 31.7 Å². The Hall–Kier alpha value is -0.420. The third kappa shape index (κ3) is 2.78. The lowest BCUT2D eigenvalue weighted by molar-refractivity contribution is -0.144. The standard InChI is InChI=1S/C10H11ClO3S/c11-7-1-4-15-10(7)5-8(12)9-6-13-2-3-14-9/h1,4,9H,2-3,5-6H2. The molecule has 2 rings (SSSR count). The van der Waals surface area contributed by atoms with Crippen molar-refractivity contribution in [2.45, 2.75) is 12.5 Å². The zero-order valence-electron chi connectivity index (χ0n) is 8.07. The lowest BCUT2D eigenvalue weighted by Gasteiger charge is -2.21. The van der Waals surface area contributed by atoms with Gasteiger partial charge in [0.2, 0.25) is 0 Å². The van der Waals surface area contributed by atoms with Crippen LogP contribution in [0.3, 0.4) is 0 Å². The minimum atomic E-state index is -0.420. The Balaban J connectivity index is 1.94. The van der Waals surface area contributed by atoms with Crippen LogP contribution < -0.4 is 0 Å². The van der Waals surface area contributed by atoms with E-state index < -0.39 is 6.10 Å². The molecule has 1 saturated heterocycles. The lowest BCUT2D eigenvalue weighted by Crippen LogP contribution is -2.36. The van der Waals surface area contributed by atoms with Crippen molar-refractivity contribution in [1.82, 2.24) is 0 Å². The van der Waals surface area contributed by atoms with Gasteiger partial charge >= 0.3 is 0 Å². The van der Waals surface area contributed by atoms with Gasteiger partial charge in [-0.15, -0.1) is 11.3 Å². The molecule has 0 radical (unpaired) electrons. The van der Waals surface area contributed by atoms with Crippen LogP contribution in [0.15, 0.2) is 11.4 Å². The van der Waals surface area contributed by atoms with Crippen molar-refractivity contribution in [1.29, 1.82) is 0 Å². The Labute approximate surface area is 96.9 Å². The summed E-state index contributed by atoms with van der Waals surface area (Å²) < 4.78 is 10.5. The van der Waals surface area contributed by atoms with E-state index in [1.165, 1.54) is 11.3 Å². The molecule has 1 fully saturated rings. The molecule has 0 aliphatic carbocycles. The van der Waals surface area contributed by atoms with Gasteiger partial charge in [0.05, 0.1) is 24.8 Å². The van der Waals surface area contributed by atoms with Gasteiger partial charge in [0.1, 0.15) is 6.10 Å². The second-order valence-electron chi connectivity index (χ2n) is 3.27. The molecule has 15 heavy (non-hydrogen) atoms. The quantitative estimate of drug-likeness (QED) is 0.818. The van der Waals surface area contributed by atoms with E-state index in [1.54, 1.807) is 6.07 Å². The molecule has 0 aromatic carbocycles. The average Bonchev–Trinajstić information content (AvgIpc) is 2.66. The molecule has 0 bridgehead atoms. The van der Waals surface area contributed by atoms with Gasteiger partial charge in [0, 0.05) is 11.3 Å². The summed E-state index contributed by atoms with van der Waals surface area (Å²) in [6.07, 6.45) is -0.0817. The van der Waals surface area contributed by atoms with Gasteiger partial charge in [-0.3, -0.25) is 4.79 Å². The number of ether oxygens (including phenoxy) is 2. The lowest BCUT2D eigenvalue weighted by atomic mass is 10.1. The number of ketones is 1. The van der Waals surface area contributed by atoms with E-state index in [1.807, 2.05) is 5.38 Å². The summed E-state index contributed by atoms with van der Waals surface area (Å²) in [6, 6.07) is 1.80. The van der Waals surface area contributed by atoms with E-state index in [0.29, 0.717) is 31.3 Å². The topological polar surface area (TPSA) is 35.5 Å². The van der Waals surface area contributed by atoms with Crippen molar-refractivity contribution < 1.29 is 14.3 Å². The highest BCUT2D eigenvalue weighted by Crippen LogP contribution is 2.23. The Morgan fingerprint density at radius 2 is 2.47 bits per heavy atom. The van der Waals surface area contributed by atoms with E-state index in [0.717, 1.165) is 4.88 Å². The van der Waals surface area contributed by atoms with Crippen molar-refractivity contribution in [3.8, 4) is 0 Å². The normalized spacial score (nSPS) is 21.5. The van der Waals surface area contributed by atoms with Crippen LogP contribution in [0.25, 0.3) is 0 Å².